The predicted octanol–water partition coefficient (Wildman–Crippen LogP) is 7.23. The van der Waals surface area contributed by atoms with Crippen LogP contribution in [-0.4, -0.2) is 4.98 Å². The maximum atomic E-state index is 3.69. The Hall–Kier alpha value is -3.10. The molecule has 0 aliphatic carbocycles. The van der Waals surface area contributed by atoms with E-state index >= 15 is 0 Å². The lowest BCUT2D eigenvalue weighted by Gasteiger charge is -2.08. The van der Waals surface area contributed by atoms with E-state index in [1.54, 1.807) is 11.3 Å². The number of nitrogens with one attached hydrogen (secondary N) is 1. The zero-order chi connectivity index (χ0) is 17.3. The molecule has 0 bridgehead atoms. The van der Waals surface area contributed by atoms with E-state index in [2.05, 4.69) is 101 Å². The summed E-state index contributed by atoms with van der Waals surface area (Å²) < 4.78 is 0. The van der Waals surface area contributed by atoms with Gasteiger partial charge in [0.25, 0.3) is 0 Å². The first-order valence-corrected chi connectivity index (χ1v) is 9.59. The number of aromatic nitrogens is 1. The summed E-state index contributed by atoms with van der Waals surface area (Å²) in [6, 6.07) is 32.1. The maximum Gasteiger partial charge on any atom is 0.0646 e. The predicted molar refractivity (Wildman–Crippen MR) is 112 cm³/mol. The second kappa shape index (κ2) is 6.32. The van der Waals surface area contributed by atoms with Gasteiger partial charge in [0.15, 0.2) is 0 Å². The van der Waals surface area contributed by atoms with Crippen molar-refractivity contribution < 1.29 is 0 Å². The van der Waals surface area contributed by atoms with Gasteiger partial charge in [-0.25, -0.2) is 0 Å². The van der Waals surface area contributed by atoms with Crippen molar-refractivity contribution in [3.05, 3.63) is 96.4 Å². The third-order valence-corrected chi connectivity index (χ3v) is 5.63. The van der Waals surface area contributed by atoms with Crippen LogP contribution in [0.1, 0.15) is 0 Å². The van der Waals surface area contributed by atoms with Crippen LogP contribution in [0.15, 0.2) is 96.4 Å². The Balaban J connectivity index is 1.90. The summed E-state index contributed by atoms with van der Waals surface area (Å²) in [4.78, 5) is 4.95. The number of hydrogen-bond acceptors (Lipinski definition) is 1. The molecule has 2 aromatic heterocycles. The van der Waals surface area contributed by atoms with Gasteiger partial charge in [-0.3, -0.25) is 0 Å². The topological polar surface area (TPSA) is 15.8 Å². The van der Waals surface area contributed by atoms with E-state index in [0.29, 0.717) is 0 Å². The van der Waals surface area contributed by atoms with Gasteiger partial charge in [-0.1, -0.05) is 78.9 Å². The fourth-order valence-electron chi connectivity index (χ4n) is 3.61. The van der Waals surface area contributed by atoms with Gasteiger partial charge < -0.3 is 4.98 Å². The van der Waals surface area contributed by atoms with Gasteiger partial charge in [0.2, 0.25) is 0 Å². The molecule has 1 nitrogen and oxygen atoms in total. The van der Waals surface area contributed by atoms with Crippen LogP contribution < -0.4 is 0 Å². The summed E-state index contributed by atoms with van der Waals surface area (Å²) >= 11 is 1.77. The molecule has 5 rings (SSSR count). The largest absolute Gasteiger partial charge is 0.353 e. The van der Waals surface area contributed by atoms with Gasteiger partial charge in [0, 0.05) is 16.5 Å². The van der Waals surface area contributed by atoms with Crippen LogP contribution in [0.5, 0.6) is 0 Å². The van der Waals surface area contributed by atoms with Crippen LogP contribution in [0.2, 0.25) is 0 Å². The van der Waals surface area contributed by atoms with E-state index < -0.39 is 0 Å². The third-order valence-electron chi connectivity index (χ3n) is 4.74. The van der Waals surface area contributed by atoms with E-state index in [-0.39, 0.29) is 0 Å². The van der Waals surface area contributed by atoms with Crippen LogP contribution in [0.25, 0.3) is 43.7 Å². The Morgan fingerprint density at radius 2 is 1.35 bits per heavy atom. The Kier molecular flexibility index (Phi) is 3.69. The normalized spacial score (nSPS) is 11.1. The minimum absolute atomic E-state index is 1.17. The SMILES string of the molecule is c1ccc(-c2cccc3[nH]c(-c4cccs4)c(-c4ccccc4)c23)cc1. The van der Waals surface area contributed by atoms with Crippen molar-refractivity contribution in [3.8, 4) is 32.8 Å². The minimum Gasteiger partial charge on any atom is -0.353 e. The second-order valence-electron chi connectivity index (χ2n) is 6.31. The molecular formula is C24H17NS. The lowest BCUT2D eigenvalue weighted by atomic mass is 9.94. The highest BCUT2D eigenvalue weighted by atomic mass is 32.1. The number of H-pyrrole nitrogens is 1. The molecule has 0 radical (unpaired) electrons. The average molecular weight is 351 g/mol. The first-order valence-electron chi connectivity index (χ1n) is 8.71. The van der Waals surface area contributed by atoms with Crippen molar-refractivity contribution in [3.63, 3.8) is 0 Å². The maximum absolute atomic E-state index is 3.69. The summed E-state index contributed by atoms with van der Waals surface area (Å²) in [6.45, 7) is 0. The molecule has 2 heteroatoms. The van der Waals surface area contributed by atoms with Crippen molar-refractivity contribution >= 4 is 22.2 Å². The van der Waals surface area contributed by atoms with Gasteiger partial charge in [0.05, 0.1) is 10.6 Å². The standard InChI is InChI=1S/C24H17NS/c1-3-9-17(10-4-1)19-13-7-14-20-23(19)22(18-11-5-2-6-12-18)24(25-20)21-15-8-16-26-21/h1-16,25H. The molecule has 0 saturated heterocycles. The number of aromatic amines is 1. The summed E-state index contributed by atoms with van der Waals surface area (Å²) in [5.41, 5.74) is 7.40. The fourth-order valence-corrected chi connectivity index (χ4v) is 4.34. The van der Waals surface area contributed by atoms with Crippen molar-refractivity contribution in [1.29, 1.82) is 0 Å². The quantitative estimate of drug-likeness (QED) is 0.353. The van der Waals surface area contributed by atoms with Gasteiger partial charge >= 0.3 is 0 Å². The highest BCUT2D eigenvalue weighted by Gasteiger charge is 2.18. The van der Waals surface area contributed by atoms with E-state index in [1.165, 1.54) is 43.7 Å². The molecule has 1 N–H and O–H groups in total. The van der Waals surface area contributed by atoms with Gasteiger partial charge in [-0.15, -0.1) is 11.3 Å². The molecule has 0 aliphatic heterocycles. The molecule has 26 heavy (non-hydrogen) atoms. The molecule has 3 aromatic carbocycles. The van der Waals surface area contributed by atoms with Gasteiger partial charge in [0.1, 0.15) is 0 Å². The zero-order valence-electron chi connectivity index (χ0n) is 14.1. The second-order valence-corrected chi connectivity index (χ2v) is 7.26. The molecule has 5 aromatic rings. The molecule has 0 spiro atoms. The summed E-state index contributed by atoms with van der Waals surface area (Å²) in [7, 11) is 0. The lowest BCUT2D eigenvalue weighted by Crippen LogP contribution is -1.83. The third kappa shape index (κ3) is 2.47. The van der Waals surface area contributed by atoms with E-state index in [1.807, 2.05) is 0 Å². The Bertz CT molecular complexity index is 1150. The summed E-state index contributed by atoms with van der Waals surface area (Å²) in [5, 5.41) is 3.42. The molecule has 0 unspecified atom stereocenters. The van der Waals surface area contributed by atoms with Crippen LogP contribution in [0.3, 0.4) is 0 Å². The number of benzene rings is 3. The molecule has 2 heterocycles. The Labute approximate surface area is 156 Å². The van der Waals surface area contributed by atoms with Crippen LogP contribution in [0, 0.1) is 0 Å². The molecule has 0 aliphatic rings. The monoisotopic (exact) mass is 351 g/mol. The van der Waals surface area contributed by atoms with Crippen molar-refractivity contribution in [2.45, 2.75) is 0 Å². The van der Waals surface area contributed by atoms with Crippen LogP contribution >= 0.6 is 11.3 Å². The molecule has 0 amide bonds. The van der Waals surface area contributed by atoms with Crippen molar-refractivity contribution in [2.24, 2.45) is 0 Å². The Morgan fingerprint density at radius 3 is 2.04 bits per heavy atom. The Morgan fingerprint density at radius 1 is 0.615 bits per heavy atom. The van der Waals surface area contributed by atoms with Gasteiger partial charge in [-0.05, 0) is 34.2 Å². The summed E-state index contributed by atoms with van der Waals surface area (Å²) in [5.74, 6) is 0. The van der Waals surface area contributed by atoms with E-state index in [9.17, 15) is 0 Å². The lowest BCUT2D eigenvalue weighted by molar-refractivity contribution is 1.48. The van der Waals surface area contributed by atoms with E-state index in [4.69, 9.17) is 0 Å². The highest BCUT2D eigenvalue weighted by Crippen LogP contribution is 2.43. The summed E-state index contributed by atoms with van der Waals surface area (Å²) in [6.07, 6.45) is 0. The van der Waals surface area contributed by atoms with Gasteiger partial charge in [-0.2, -0.15) is 0 Å². The molecule has 0 saturated carbocycles. The average Bonchev–Trinajstić information content (AvgIpc) is 3.36. The first kappa shape index (κ1) is 15.2. The molecular weight excluding hydrogens is 334 g/mol. The fraction of sp³-hybridized carbons (Fsp3) is 0. The van der Waals surface area contributed by atoms with Crippen LogP contribution in [-0.2, 0) is 0 Å². The van der Waals surface area contributed by atoms with Crippen molar-refractivity contribution in [1.82, 2.24) is 4.98 Å². The number of thiophene rings is 1. The first-order chi connectivity index (χ1) is 12.9. The number of fused-ring (bicyclic) bond motifs is 1. The van der Waals surface area contributed by atoms with E-state index in [0.717, 1.165) is 0 Å². The molecule has 124 valence electrons. The molecule has 0 fully saturated rings. The number of hydrogen-bond donors (Lipinski definition) is 1. The highest BCUT2D eigenvalue weighted by molar-refractivity contribution is 7.13. The minimum atomic E-state index is 1.17. The van der Waals surface area contributed by atoms with Crippen molar-refractivity contribution in [2.75, 3.05) is 0 Å². The zero-order valence-corrected chi connectivity index (χ0v) is 15.0. The van der Waals surface area contributed by atoms with Crippen LogP contribution in [0.4, 0.5) is 0 Å². The molecule has 0 atom stereocenters. The number of rotatable bonds is 3. The smallest absolute Gasteiger partial charge is 0.0646 e.